The number of esters is 1. The van der Waals surface area contributed by atoms with Crippen molar-refractivity contribution in [3.05, 3.63) is 86.9 Å². The zero-order chi connectivity index (χ0) is 28.9. The Morgan fingerprint density at radius 1 is 0.800 bits per heavy atom. The Morgan fingerprint density at radius 2 is 1.43 bits per heavy atom. The van der Waals surface area contributed by atoms with Crippen molar-refractivity contribution in [2.24, 2.45) is 0 Å². The standard InChI is InChI=1S/C31H35Cl3N2O4/c1-36(2)24-11-9-22(10-12-24)19-29(37)35-17-7-5-3-4-6-8-18-39-25-13-15-26(16-14-25)40-31(38)27-20-23(32)21-28(33)30(27)34/h9-16,20-21H,3-8,17-19H2,1-2H3,(H,35,37). The van der Waals surface area contributed by atoms with Gasteiger partial charge in [-0.15, -0.1) is 0 Å². The number of nitrogens with one attached hydrogen (secondary N) is 1. The van der Waals surface area contributed by atoms with E-state index < -0.39 is 5.97 Å². The molecule has 6 nitrogen and oxygen atoms in total. The second-order valence-electron chi connectivity index (χ2n) is 9.67. The highest BCUT2D eigenvalue weighted by Gasteiger charge is 2.17. The molecule has 40 heavy (non-hydrogen) atoms. The normalized spacial score (nSPS) is 10.7. The minimum atomic E-state index is -0.642. The van der Waals surface area contributed by atoms with E-state index in [1.165, 1.54) is 12.1 Å². The number of nitrogens with zero attached hydrogens (tertiary/aromatic N) is 1. The second kappa shape index (κ2) is 16.4. The lowest BCUT2D eigenvalue weighted by atomic mass is 10.1. The van der Waals surface area contributed by atoms with Gasteiger partial charge in [0.25, 0.3) is 0 Å². The van der Waals surface area contributed by atoms with Crippen molar-refractivity contribution in [3.63, 3.8) is 0 Å². The van der Waals surface area contributed by atoms with Gasteiger partial charge < -0.3 is 19.7 Å². The van der Waals surface area contributed by atoms with E-state index in [4.69, 9.17) is 44.3 Å². The molecule has 0 heterocycles. The van der Waals surface area contributed by atoms with Gasteiger partial charge in [0, 0.05) is 31.4 Å². The van der Waals surface area contributed by atoms with Gasteiger partial charge in [-0.05, 0) is 66.9 Å². The van der Waals surface area contributed by atoms with Crippen LogP contribution < -0.4 is 19.7 Å². The fourth-order valence-corrected chi connectivity index (χ4v) is 4.66. The summed E-state index contributed by atoms with van der Waals surface area (Å²) in [5, 5.41) is 3.60. The summed E-state index contributed by atoms with van der Waals surface area (Å²) in [5.74, 6) is 0.486. The summed E-state index contributed by atoms with van der Waals surface area (Å²) in [6.45, 7) is 1.32. The molecule has 0 radical (unpaired) electrons. The van der Waals surface area contributed by atoms with Crippen LogP contribution in [0.4, 0.5) is 5.69 Å². The SMILES string of the molecule is CN(C)c1ccc(CC(=O)NCCCCCCCCOc2ccc(OC(=O)c3cc(Cl)cc(Cl)c3Cl)cc2)cc1. The first kappa shape index (κ1) is 31.6. The number of benzene rings is 3. The Hall–Kier alpha value is -2.93. The predicted octanol–water partition coefficient (Wildman–Crippen LogP) is 8.01. The van der Waals surface area contributed by atoms with Gasteiger partial charge >= 0.3 is 5.97 Å². The second-order valence-corrected chi connectivity index (χ2v) is 10.9. The van der Waals surface area contributed by atoms with Gasteiger partial charge in [-0.1, -0.05) is 72.6 Å². The Balaban J connectivity index is 1.22. The molecular formula is C31H35Cl3N2O4. The molecule has 0 spiro atoms. The summed E-state index contributed by atoms with van der Waals surface area (Å²) < 4.78 is 11.2. The van der Waals surface area contributed by atoms with Crippen LogP contribution in [0.3, 0.4) is 0 Å². The molecule has 1 N–H and O–H groups in total. The highest BCUT2D eigenvalue weighted by Crippen LogP contribution is 2.31. The van der Waals surface area contributed by atoms with Crippen LogP contribution in [0.25, 0.3) is 0 Å². The van der Waals surface area contributed by atoms with Crippen LogP contribution >= 0.6 is 34.8 Å². The quantitative estimate of drug-likeness (QED) is 0.0823. The van der Waals surface area contributed by atoms with Crippen molar-refractivity contribution >= 4 is 52.4 Å². The van der Waals surface area contributed by atoms with Crippen LogP contribution in [0.2, 0.25) is 15.1 Å². The highest BCUT2D eigenvalue weighted by atomic mass is 35.5. The monoisotopic (exact) mass is 604 g/mol. The summed E-state index contributed by atoms with van der Waals surface area (Å²) in [5.41, 5.74) is 2.25. The van der Waals surface area contributed by atoms with Gasteiger partial charge in [-0.3, -0.25) is 4.79 Å². The Kier molecular flexibility index (Phi) is 12.9. The molecule has 0 aliphatic heterocycles. The average Bonchev–Trinajstić information content (AvgIpc) is 2.92. The van der Waals surface area contributed by atoms with Crippen LogP contribution in [-0.2, 0) is 11.2 Å². The molecule has 0 bridgehead atoms. The molecule has 0 aliphatic rings. The summed E-state index contributed by atoms with van der Waals surface area (Å²) in [6.07, 6.45) is 6.77. The van der Waals surface area contributed by atoms with E-state index in [0.29, 0.717) is 36.1 Å². The van der Waals surface area contributed by atoms with Gasteiger partial charge in [0.15, 0.2) is 0 Å². The summed E-state index contributed by atoms with van der Waals surface area (Å²) in [6, 6.07) is 17.8. The molecule has 214 valence electrons. The molecule has 0 aliphatic carbocycles. The molecule has 0 saturated heterocycles. The maximum Gasteiger partial charge on any atom is 0.345 e. The summed E-state index contributed by atoms with van der Waals surface area (Å²) in [7, 11) is 4.00. The summed E-state index contributed by atoms with van der Waals surface area (Å²) >= 11 is 18.0. The zero-order valence-electron chi connectivity index (χ0n) is 22.9. The van der Waals surface area contributed by atoms with Gasteiger partial charge in [-0.2, -0.15) is 0 Å². The first-order valence-electron chi connectivity index (χ1n) is 13.4. The van der Waals surface area contributed by atoms with Crippen molar-refractivity contribution < 1.29 is 19.1 Å². The maximum atomic E-state index is 12.4. The van der Waals surface area contributed by atoms with E-state index in [-0.39, 0.29) is 21.5 Å². The number of unbranched alkanes of at least 4 members (excludes halogenated alkanes) is 5. The van der Waals surface area contributed by atoms with Crippen LogP contribution in [0.1, 0.15) is 54.4 Å². The van der Waals surface area contributed by atoms with Crippen LogP contribution in [0.15, 0.2) is 60.7 Å². The van der Waals surface area contributed by atoms with E-state index in [9.17, 15) is 9.59 Å². The van der Waals surface area contributed by atoms with Crippen LogP contribution in [0, 0.1) is 0 Å². The third-order valence-electron chi connectivity index (χ3n) is 6.23. The van der Waals surface area contributed by atoms with Crippen molar-refractivity contribution in [2.75, 3.05) is 32.1 Å². The first-order chi connectivity index (χ1) is 19.2. The molecule has 0 aromatic heterocycles. The lowest BCUT2D eigenvalue weighted by Crippen LogP contribution is -2.26. The van der Waals surface area contributed by atoms with Gasteiger partial charge in [0.05, 0.1) is 28.6 Å². The van der Waals surface area contributed by atoms with E-state index in [0.717, 1.165) is 49.8 Å². The smallest absolute Gasteiger partial charge is 0.345 e. The third kappa shape index (κ3) is 10.6. The Labute approximate surface area is 251 Å². The van der Waals surface area contributed by atoms with Crippen molar-refractivity contribution in [3.8, 4) is 11.5 Å². The van der Waals surface area contributed by atoms with Gasteiger partial charge in [-0.25, -0.2) is 4.79 Å². The van der Waals surface area contributed by atoms with Crippen LogP contribution in [0.5, 0.6) is 11.5 Å². The molecule has 3 aromatic rings. The van der Waals surface area contributed by atoms with E-state index in [1.807, 2.05) is 43.3 Å². The largest absolute Gasteiger partial charge is 0.494 e. The highest BCUT2D eigenvalue weighted by molar-refractivity contribution is 6.45. The summed E-state index contributed by atoms with van der Waals surface area (Å²) in [4.78, 5) is 26.6. The lowest BCUT2D eigenvalue weighted by Gasteiger charge is -2.12. The lowest BCUT2D eigenvalue weighted by molar-refractivity contribution is -0.120. The molecule has 0 unspecified atom stereocenters. The molecule has 3 rings (SSSR count). The fraction of sp³-hybridized carbons (Fsp3) is 0.355. The molecule has 9 heteroatoms. The predicted molar refractivity (Wildman–Crippen MR) is 164 cm³/mol. The number of amides is 1. The topological polar surface area (TPSA) is 67.9 Å². The number of anilines is 1. The van der Waals surface area contributed by atoms with Crippen molar-refractivity contribution in [1.29, 1.82) is 0 Å². The minimum absolute atomic E-state index is 0.0661. The fourth-order valence-electron chi connectivity index (χ4n) is 3.98. The van der Waals surface area contributed by atoms with Gasteiger partial charge in [0.2, 0.25) is 5.91 Å². The molecule has 3 aromatic carbocycles. The number of halogens is 3. The minimum Gasteiger partial charge on any atom is -0.494 e. The molecule has 0 saturated carbocycles. The van der Waals surface area contributed by atoms with Crippen molar-refractivity contribution in [1.82, 2.24) is 5.32 Å². The number of ether oxygens (including phenoxy) is 2. The number of carbonyl (C=O) groups is 2. The number of hydrogen-bond acceptors (Lipinski definition) is 5. The van der Waals surface area contributed by atoms with E-state index in [1.54, 1.807) is 24.3 Å². The molecule has 1 amide bonds. The van der Waals surface area contributed by atoms with E-state index in [2.05, 4.69) is 5.32 Å². The molecule has 0 fully saturated rings. The van der Waals surface area contributed by atoms with Crippen LogP contribution in [-0.4, -0.2) is 39.1 Å². The van der Waals surface area contributed by atoms with Gasteiger partial charge in [0.1, 0.15) is 11.5 Å². The number of rotatable bonds is 15. The Bertz CT molecular complexity index is 1250. The zero-order valence-corrected chi connectivity index (χ0v) is 25.1. The first-order valence-corrected chi connectivity index (χ1v) is 14.5. The Morgan fingerprint density at radius 3 is 2.10 bits per heavy atom. The molecular weight excluding hydrogens is 571 g/mol. The maximum absolute atomic E-state index is 12.4. The van der Waals surface area contributed by atoms with E-state index >= 15 is 0 Å². The third-order valence-corrected chi connectivity index (χ3v) is 7.25. The number of carbonyl (C=O) groups excluding carboxylic acids is 2. The molecule has 0 atom stereocenters. The average molecular weight is 606 g/mol. The van der Waals surface area contributed by atoms with Crippen molar-refractivity contribution in [2.45, 2.75) is 44.9 Å². The number of hydrogen-bond donors (Lipinski definition) is 1.